The molecular weight excluding hydrogens is 252 g/mol. The Hall–Kier alpha value is -0.690. The summed E-state index contributed by atoms with van der Waals surface area (Å²) < 4.78 is 25.7. The number of nitrogens with one attached hydrogen (secondary N) is 1. The normalized spacial score (nSPS) is 13.7. The summed E-state index contributed by atoms with van der Waals surface area (Å²) in [4.78, 5) is 3.73. The van der Waals surface area contributed by atoms with Crippen molar-refractivity contribution in [2.24, 2.45) is 0 Å². The molecule has 0 radical (unpaired) electrons. The van der Waals surface area contributed by atoms with Crippen molar-refractivity contribution in [3.8, 4) is 0 Å². The molecule has 1 unspecified atom stereocenters. The van der Waals surface area contributed by atoms with Gasteiger partial charge in [-0.15, -0.1) is 0 Å². The van der Waals surface area contributed by atoms with E-state index in [2.05, 4.69) is 9.71 Å². The van der Waals surface area contributed by atoms with Gasteiger partial charge in [0, 0.05) is 12.7 Å². The van der Waals surface area contributed by atoms with E-state index in [1.807, 2.05) is 0 Å². The molecule has 0 saturated carbocycles. The molecule has 0 saturated heterocycles. The Bertz CT molecular complexity index is 450. The van der Waals surface area contributed by atoms with Crippen molar-refractivity contribution in [3.63, 3.8) is 0 Å². The maximum atomic E-state index is 11.7. The highest BCUT2D eigenvalue weighted by Gasteiger charge is 2.15. The van der Waals surface area contributed by atoms with Crippen LogP contribution in [-0.2, 0) is 10.0 Å². The van der Waals surface area contributed by atoms with Crippen LogP contribution in [-0.4, -0.2) is 31.2 Å². The van der Waals surface area contributed by atoms with Crippen molar-refractivity contribution in [1.82, 2.24) is 9.71 Å². The van der Waals surface area contributed by atoms with Gasteiger partial charge in [-0.3, -0.25) is 0 Å². The zero-order chi connectivity index (χ0) is 12.2. The third kappa shape index (κ3) is 3.71. The van der Waals surface area contributed by atoms with Crippen LogP contribution in [0.5, 0.6) is 0 Å². The standard InChI is InChI=1S/C9H13ClN2O3S/c1-2-7(13)6-12-16(14,15)8-3-4-11-9(10)5-8/h3-5,7,12-13H,2,6H2,1H3. The molecule has 0 aliphatic heterocycles. The Morgan fingerprint density at radius 2 is 2.31 bits per heavy atom. The summed E-state index contributed by atoms with van der Waals surface area (Å²) in [5.41, 5.74) is 0. The molecule has 5 nitrogen and oxygen atoms in total. The van der Waals surface area contributed by atoms with E-state index in [-0.39, 0.29) is 16.6 Å². The quantitative estimate of drug-likeness (QED) is 0.771. The van der Waals surface area contributed by atoms with Crippen molar-refractivity contribution in [1.29, 1.82) is 0 Å². The third-order valence-corrected chi connectivity index (χ3v) is 3.62. The molecule has 2 N–H and O–H groups in total. The number of hydrogen-bond acceptors (Lipinski definition) is 4. The average molecular weight is 265 g/mol. The number of hydrogen-bond donors (Lipinski definition) is 2. The molecular formula is C9H13ClN2O3S. The van der Waals surface area contributed by atoms with E-state index in [9.17, 15) is 13.5 Å². The van der Waals surface area contributed by atoms with Gasteiger partial charge in [-0.2, -0.15) is 0 Å². The monoisotopic (exact) mass is 264 g/mol. The van der Waals surface area contributed by atoms with Crippen LogP contribution in [0.4, 0.5) is 0 Å². The first-order valence-corrected chi connectivity index (χ1v) is 6.61. The number of pyridine rings is 1. The summed E-state index contributed by atoms with van der Waals surface area (Å²) in [6.45, 7) is 1.75. The van der Waals surface area contributed by atoms with Crippen LogP contribution in [0.1, 0.15) is 13.3 Å². The minimum Gasteiger partial charge on any atom is -0.392 e. The second-order valence-electron chi connectivity index (χ2n) is 3.23. The van der Waals surface area contributed by atoms with Gasteiger partial charge in [-0.05, 0) is 18.6 Å². The van der Waals surface area contributed by atoms with Gasteiger partial charge in [0.2, 0.25) is 10.0 Å². The molecule has 1 aromatic heterocycles. The first kappa shape index (κ1) is 13.4. The fourth-order valence-corrected chi connectivity index (χ4v) is 2.31. The molecule has 0 aliphatic rings. The van der Waals surface area contributed by atoms with E-state index in [4.69, 9.17) is 11.6 Å². The van der Waals surface area contributed by atoms with Crippen molar-refractivity contribution >= 4 is 21.6 Å². The summed E-state index contributed by atoms with van der Waals surface area (Å²) in [7, 11) is -3.62. The van der Waals surface area contributed by atoms with E-state index in [0.717, 1.165) is 0 Å². The molecule has 0 spiro atoms. The molecule has 1 heterocycles. The highest BCUT2D eigenvalue weighted by atomic mass is 35.5. The highest BCUT2D eigenvalue weighted by Crippen LogP contribution is 2.12. The van der Waals surface area contributed by atoms with E-state index in [0.29, 0.717) is 6.42 Å². The fourth-order valence-electron chi connectivity index (χ4n) is 0.985. The Balaban J connectivity index is 2.78. The number of aliphatic hydroxyl groups is 1. The maximum Gasteiger partial charge on any atom is 0.240 e. The lowest BCUT2D eigenvalue weighted by Gasteiger charge is -2.10. The summed E-state index contributed by atoms with van der Waals surface area (Å²) in [6.07, 6.45) is 1.11. The molecule has 0 fully saturated rings. The second kappa shape index (κ2) is 5.58. The summed E-state index contributed by atoms with van der Waals surface area (Å²) >= 11 is 5.59. The first-order chi connectivity index (χ1) is 7.45. The van der Waals surface area contributed by atoms with Crippen LogP contribution in [0.25, 0.3) is 0 Å². The zero-order valence-corrected chi connectivity index (χ0v) is 10.3. The predicted octanol–water partition coefficient (Wildman–Crippen LogP) is 0.784. The topological polar surface area (TPSA) is 79.3 Å². The van der Waals surface area contributed by atoms with Crippen molar-refractivity contribution in [3.05, 3.63) is 23.5 Å². The molecule has 1 rings (SSSR count). The van der Waals surface area contributed by atoms with Gasteiger partial charge >= 0.3 is 0 Å². The van der Waals surface area contributed by atoms with Gasteiger partial charge < -0.3 is 5.11 Å². The first-order valence-electron chi connectivity index (χ1n) is 4.75. The van der Waals surface area contributed by atoms with Gasteiger partial charge in [0.1, 0.15) is 5.15 Å². The number of sulfonamides is 1. The Kier molecular flexibility index (Phi) is 4.67. The van der Waals surface area contributed by atoms with Crippen LogP contribution in [0.2, 0.25) is 5.15 Å². The van der Waals surface area contributed by atoms with Gasteiger partial charge in [-0.25, -0.2) is 18.1 Å². The van der Waals surface area contributed by atoms with Crippen molar-refractivity contribution in [2.45, 2.75) is 24.3 Å². The summed E-state index contributed by atoms with van der Waals surface area (Å²) in [6, 6.07) is 2.59. The van der Waals surface area contributed by atoms with Gasteiger partial charge in [0.05, 0.1) is 11.0 Å². The maximum absolute atomic E-state index is 11.7. The smallest absolute Gasteiger partial charge is 0.240 e. The average Bonchev–Trinajstić information content (AvgIpc) is 2.26. The fraction of sp³-hybridized carbons (Fsp3) is 0.444. The van der Waals surface area contributed by atoms with E-state index >= 15 is 0 Å². The molecule has 0 aromatic carbocycles. The Morgan fingerprint density at radius 3 is 2.88 bits per heavy atom. The van der Waals surface area contributed by atoms with Crippen LogP contribution < -0.4 is 4.72 Å². The van der Waals surface area contributed by atoms with Crippen LogP contribution in [0.15, 0.2) is 23.2 Å². The van der Waals surface area contributed by atoms with Gasteiger partial charge in [0.15, 0.2) is 0 Å². The van der Waals surface area contributed by atoms with Crippen molar-refractivity contribution < 1.29 is 13.5 Å². The van der Waals surface area contributed by atoms with E-state index in [1.54, 1.807) is 6.92 Å². The number of nitrogens with zero attached hydrogens (tertiary/aromatic N) is 1. The molecule has 1 atom stereocenters. The lowest BCUT2D eigenvalue weighted by molar-refractivity contribution is 0.174. The van der Waals surface area contributed by atoms with Gasteiger partial charge in [-0.1, -0.05) is 18.5 Å². The molecule has 1 aromatic rings. The number of aliphatic hydroxyl groups excluding tert-OH is 1. The van der Waals surface area contributed by atoms with E-state index in [1.165, 1.54) is 18.3 Å². The largest absolute Gasteiger partial charge is 0.392 e. The zero-order valence-electron chi connectivity index (χ0n) is 8.72. The van der Waals surface area contributed by atoms with Crippen LogP contribution in [0, 0.1) is 0 Å². The molecule has 16 heavy (non-hydrogen) atoms. The highest BCUT2D eigenvalue weighted by molar-refractivity contribution is 7.89. The summed E-state index contributed by atoms with van der Waals surface area (Å²) in [5, 5.41) is 9.37. The van der Waals surface area contributed by atoms with Crippen molar-refractivity contribution in [2.75, 3.05) is 6.54 Å². The number of rotatable bonds is 5. The number of aromatic nitrogens is 1. The molecule has 90 valence electrons. The van der Waals surface area contributed by atoms with E-state index < -0.39 is 16.1 Å². The predicted molar refractivity (Wildman–Crippen MR) is 60.7 cm³/mol. The molecule has 7 heteroatoms. The molecule has 0 aliphatic carbocycles. The lowest BCUT2D eigenvalue weighted by atomic mass is 10.3. The molecule has 0 amide bonds. The Morgan fingerprint density at radius 1 is 1.62 bits per heavy atom. The second-order valence-corrected chi connectivity index (χ2v) is 5.38. The third-order valence-electron chi connectivity index (χ3n) is 1.99. The lowest BCUT2D eigenvalue weighted by Crippen LogP contribution is -2.31. The minimum atomic E-state index is -3.62. The minimum absolute atomic E-state index is 0.0151. The summed E-state index contributed by atoms with van der Waals surface area (Å²) in [5.74, 6) is 0. The molecule has 0 bridgehead atoms. The van der Waals surface area contributed by atoms with Crippen LogP contribution in [0.3, 0.4) is 0 Å². The van der Waals surface area contributed by atoms with Crippen LogP contribution >= 0.6 is 11.6 Å². The SMILES string of the molecule is CCC(O)CNS(=O)(=O)c1ccnc(Cl)c1. The Labute approximate surface area is 99.5 Å². The van der Waals surface area contributed by atoms with Gasteiger partial charge in [0.25, 0.3) is 0 Å². The number of halogens is 1.